The first-order chi connectivity index (χ1) is 8.68. The Morgan fingerprint density at radius 3 is 2.89 bits per heavy atom. The first-order valence-electron chi connectivity index (χ1n) is 4.96. The number of benzene rings is 1. The lowest BCUT2D eigenvalue weighted by atomic mass is 10.2. The summed E-state index contributed by atoms with van der Waals surface area (Å²) in [5, 5.41) is 4.08. The highest BCUT2D eigenvalue weighted by molar-refractivity contribution is 6.33. The van der Waals surface area contributed by atoms with Crippen molar-refractivity contribution in [3.63, 3.8) is 0 Å². The van der Waals surface area contributed by atoms with Crippen molar-refractivity contribution in [1.82, 2.24) is 14.5 Å². The van der Waals surface area contributed by atoms with Crippen LogP contribution >= 0.6 is 11.6 Å². The summed E-state index contributed by atoms with van der Waals surface area (Å²) in [6.45, 7) is 0. The summed E-state index contributed by atoms with van der Waals surface area (Å²) in [4.78, 5) is 15.3. The van der Waals surface area contributed by atoms with Crippen LogP contribution in [0.3, 0.4) is 0 Å². The molecule has 2 aromatic heterocycles. The Labute approximate surface area is 104 Å². The Morgan fingerprint density at radius 2 is 2.11 bits per heavy atom. The number of rotatable bonds is 1. The molecule has 0 atom stereocenters. The number of aromatic nitrogens is 3. The molecule has 0 spiro atoms. The first kappa shape index (κ1) is 10.9. The van der Waals surface area contributed by atoms with Gasteiger partial charge in [0.25, 0.3) is 5.56 Å². The molecule has 7 heteroatoms. The Balaban J connectivity index is 2.41. The van der Waals surface area contributed by atoms with E-state index in [0.717, 1.165) is 10.6 Å². The summed E-state index contributed by atoms with van der Waals surface area (Å²) in [5.41, 5.74) is -0.413. The quantitative estimate of drug-likeness (QED) is 0.676. The standard InChI is InChI=1S/C11H5ClFN3O2/c12-7-4-2-1-3-6(7)9-15-18-11-14-5-8(13)10(17)16(9)11/h1-5H. The fraction of sp³-hybridized carbons (Fsp3) is 0. The van der Waals surface area contributed by atoms with Gasteiger partial charge >= 0.3 is 5.84 Å². The third-order valence-corrected chi connectivity index (χ3v) is 2.76. The molecule has 3 rings (SSSR count). The molecule has 0 aliphatic heterocycles. The molecule has 0 saturated carbocycles. The van der Waals surface area contributed by atoms with Gasteiger partial charge in [-0.15, -0.1) is 0 Å². The van der Waals surface area contributed by atoms with Crippen molar-refractivity contribution < 1.29 is 8.91 Å². The van der Waals surface area contributed by atoms with Gasteiger partial charge in [-0.25, -0.2) is 4.40 Å². The first-order valence-corrected chi connectivity index (χ1v) is 5.34. The molecule has 5 nitrogen and oxygen atoms in total. The van der Waals surface area contributed by atoms with Crippen LogP contribution in [0.25, 0.3) is 17.2 Å². The number of hydrogen-bond acceptors (Lipinski definition) is 4. The van der Waals surface area contributed by atoms with Crippen molar-refractivity contribution in [2.75, 3.05) is 0 Å². The zero-order valence-electron chi connectivity index (χ0n) is 8.80. The second kappa shape index (κ2) is 3.92. The Hall–Kier alpha value is -2.21. The molecule has 0 aliphatic rings. The van der Waals surface area contributed by atoms with Crippen LogP contribution in [0.15, 0.2) is 39.8 Å². The molecule has 0 N–H and O–H groups in total. The molecule has 0 bridgehead atoms. The Morgan fingerprint density at radius 1 is 1.33 bits per heavy atom. The summed E-state index contributed by atoms with van der Waals surface area (Å²) in [7, 11) is 0. The van der Waals surface area contributed by atoms with Gasteiger partial charge in [0.2, 0.25) is 5.82 Å². The maximum atomic E-state index is 13.2. The minimum Gasteiger partial charge on any atom is -0.314 e. The van der Waals surface area contributed by atoms with Gasteiger partial charge < -0.3 is 4.52 Å². The van der Waals surface area contributed by atoms with Gasteiger partial charge in [0.15, 0.2) is 5.82 Å². The average Bonchev–Trinajstić information content (AvgIpc) is 2.79. The van der Waals surface area contributed by atoms with Crippen LogP contribution in [-0.2, 0) is 0 Å². The number of nitrogens with zero attached hydrogens (tertiary/aromatic N) is 3. The van der Waals surface area contributed by atoms with Crippen LogP contribution < -0.4 is 5.56 Å². The molecule has 0 fully saturated rings. The topological polar surface area (TPSA) is 60.4 Å². The van der Waals surface area contributed by atoms with Gasteiger partial charge in [-0.1, -0.05) is 28.9 Å². The van der Waals surface area contributed by atoms with Crippen molar-refractivity contribution in [1.29, 1.82) is 0 Å². The van der Waals surface area contributed by atoms with E-state index in [2.05, 4.69) is 10.1 Å². The molecule has 2 heterocycles. The van der Waals surface area contributed by atoms with E-state index in [-0.39, 0.29) is 11.7 Å². The lowest BCUT2D eigenvalue weighted by molar-refractivity contribution is 0.446. The SMILES string of the molecule is O=c1c(F)cnc2onc(-c3ccccc3Cl)n12. The molecule has 90 valence electrons. The summed E-state index contributed by atoms with van der Waals surface area (Å²) in [5.74, 6) is -0.951. The molecule has 18 heavy (non-hydrogen) atoms. The van der Waals surface area contributed by atoms with Gasteiger partial charge in [0.1, 0.15) is 0 Å². The zero-order chi connectivity index (χ0) is 12.7. The summed E-state index contributed by atoms with van der Waals surface area (Å²) < 4.78 is 19.0. The Kier molecular flexibility index (Phi) is 2.38. The molecule has 0 saturated heterocycles. The summed E-state index contributed by atoms with van der Waals surface area (Å²) in [6, 6.07) is 6.74. The molecule has 0 unspecified atom stereocenters. The third-order valence-electron chi connectivity index (χ3n) is 2.43. The number of fused-ring (bicyclic) bond motifs is 1. The Bertz CT molecular complexity index is 796. The highest BCUT2D eigenvalue weighted by Crippen LogP contribution is 2.25. The van der Waals surface area contributed by atoms with E-state index in [1.165, 1.54) is 0 Å². The van der Waals surface area contributed by atoms with Crippen molar-refractivity contribution in [2.24, 2.45) is 0 Å². The molecule has 0 amide bonds. The van der Waals surface area contributed by atoms with Crippen LogP contribution in [0.4, 0.5) is 4.39 Å². The van der Waals surface area contributed by atoms with Gasteiger partial charge in [0, 0.05) is 5.56 Å². The molecular weight excluding hydrogens is 261 g/mol. The smallest absolute Gasteiger partial charge is 0.314 e. The van der Waals surface area contributed by atoms with E-state index in [9.17, 15) is 9.18 Å². The predicted molar refractivity (Wildman–Crippen MR) is 61.9 cm³/mol. The van der Waals surface area contributed by atoms with E-state index >= 15 is 0 Å². The lowest BCUT2D eigenvalue weighted by Gasteiger charge is -1.99. The fourth-order valence-electron chi connectivity index (χ4n) is 1.61. The van der Waals surface area contributed by atoms with Crippen LogP contribution in [0.2, 0.25) is 5.02 Å². The van der Waals surface area contributed by atoms with E-state index in [1.807, 2.05) is 0 Å². The lowest BCUT2D eigenvalue weighted by Crippen LogP contribution is -2.17. The van der Waals surface area contributed by atoms with Gasteiger partial charge in [-0.05, 0) is 12.1 Å². The van der Waals surface area contributed by atoms with Crippen LogP contribution in [0.1, 0.15) is 0 Å². The van der Waals surface area contributed by atoms with Crippen LogP contribution in [0.5, 0.6) is 0 Å². The summed E-state index contributed by atoms with van der Waals surface area (Å²) >= 11 is 6.00. The highest BCUT2D eigenvalue weighted by Gasteiger charge is 2.16. The maximum absolute atomic E-state index is 13.2. The predicted octanol–water partition coefficient (Wildman–Crippen LogP) is 2.14. The normalized spacial score (nSPS) is 11.0. The van der Waals surface area contributed by atoms with Crippen molar-refractivity contribution in [2.45, 2.75) is 0 Å². The van der Waals surface area contributed by atoms with Crippen molar-refractivity contribution in [3.05, 3.63) is 51.7 Å². The van der Waals surface area contributed by atoms with E-state index in [0.29, 0.717) is 10.6 Å². The number of hydrogen-bond donors (Lipinski definition) is 0. The minimum absolute atomic E-state index is 0.0867. The van der Waals surface area contributed by atoms with Crippen molar-refractivity contribution in [3.8, 4) is 11.4 Å². The van der Waals surface area contributed by atoms with E-state index in [4.69, 9.17) is 16.1 Å². The van der Waals surface area contributed by atoms with Gasteiger partial charge in [-0.2, -0.15) is 9.37 Å². The third kappa shape index (κ3) is 1.50. The average molecular weight is 266 g/mol. The fourth-order valence-corrected chi connectivity index (χ4v) is 1.83. The minimum atomic E-state index is -0.982. The largest absolute Gasteiger partial charge is 0.335 e. The second-order valence-electron chi connectivity index (χ2n) is 3.52. The number of halogens is 2. The van der Waals surface area contributed by atoms with Crippen molar-refractivity contribution >= 4 is 17.4 Å². The van der Waals surface area contributed by atoms with Crippen LogP contribution in [0, 0.1) is 5.82 Å². The van der Waals surface area contributed by atoms with Crippen LogP contribution in [-0.4, -0.2) is 14.5 Å². The molecule has 1 aromatic carbocycles. The highest BCUT2D eigenvalue weighted by atomic mass is 35.5. The van der Waals surface area contributed by atoms with E-state index < -0.39 is 11.4 Å². The molecule has 0 radical (unpaired) electrons. The molecule has 3 aromatic rings. The molecular formula is C11H5ClFN3O2. The van der Waals surface area contributed by atoms with Gasteiger partial charge in [-0.3, -0.25) is 4.79 Å². The van der Waals surface area contributed by atoms with E-state index in [1.54, 1.807) is 24.3 Å². The maximum Gasteiger partial charge on any atom is 0.335 e. The summed E-state index contributed by atoms with van der Waals surface area (Å²) in [6.07, 6.45) is 0.791. The molecule has 0 aliphatic carbocycles. The monoisotopic (exact) mass is 265 g/mol. The zero-order valence-corrected chi connectivity index (χ0v) is 9.56. The van der Waals surface area contributed by atoms with Gasteiger partial charge in [0.05, 0.1) is 11.2 Å². The second-order valence-corrected chi connectivity index (χ2v) is 3.92.